The molecule has 3 rings (SSSR count). The van der Waals surface area contributed by atoms with Crippen molar-refractivity contribution in [2.45, 2.75) is 19.5 Å². The van der Waals surface area contributed by atoms with E-state index in [1.807, 2.05) is 48.1 Å². The third-order valence-electron chi connectivity index (χ3n) is 4.12. The van der Waals surface area contributed by atoms with Gasteiger partial charge in [0, 0.05) is 44.2 Å². The summed E-state index contributed by atoms with van der Waals surface area (Å²) in [4.78, 5) is 15.5. The summed E-state index contributed by atoms with van der Waals surface area (Å²) in [5, 5.41) is 6.12. The number of hydrogen-bond donors (Lipinski definition) is 2. The average molecular weight is 352 g/mol. The normalized spacial score (nSPS) is 12.0. The van der Waals surface area contributed by atoms with Crippen LogP contribution in [-0.2, 0) is 18.4 Å². The first kappa shape index (κ1) is 17.8. The van der Waals surface area contributed by atoms with Crippen LogP contribution in [0.3, 0.4) is 0 Å². The molecule has 26 heavy (non-hydrogen) atoms. The lowest BCUT2D eigenvalue weighted by Gasteiger charge is -2.20. The van der Waals surface area contributed by atoms with Gasteiger partial charge in [0.05, 0.1) is 6.04 Å². The van der Waals surface area contributed by atoms with E-state index >= 15 is 0 Å². The van der Waals surface area contributed by atoms with Crippen LogP contribution in [-0.4, -0.2) is 15.5 Å². The molecular formula is C20H21FN4O. The third-order valence-corrected chi connectivity index (χ3v) is 4.12. The highest BCUT2D eigenvalue weighted by Gasteiger charge is 2.20. The molecule has 0 bridgehead atoms. The summed E-state index contributed by atoms with van der Waals surface area (Å²) in [5.74, 6) is 0.365. The maximum atomic E-state index is 14.3. The van der Waals surface area contributed by atoms with Gasteiger partial charge in [0.15, 0.2) is 0 Å². The summed E-state index contributed by atoms with van der Waals surface area (Å²) in [6.07, 6.45) is 3.54. The van der Waals surface area contributed by atoms with Crippen molar-refractivity contribution in [3.05, 3.63) is 83.7 Å². The second kappa shape index (κ2) is 7.93. The van der Waals surface area contributed by atoms with Crippen LogP contribution in [0, 0.1) is 5.82 Å². The van der Waals surface area contributed by atoms with Crippen molar-refractivity contribution in [3.8, 4) is 0 Å². The molecule has 0 unspecified atom stereocenters. The Labute approximate surface area is 151 Å². The smallest absolute Gasteiger partial charge is 0.221 e. The second-order valence-electron chi connectivity index (χ2n) is 6.11. The molecule has 2 N–H and O–H groups in total. The van der Waals surface area contributed by atoms with Crippen molar-refractivity contribution in [2.24, 2.45) is 7.05 Å². The topological polar surface area (TPSA) is 59.0 Å². The van der Waals surface area contributed by atoms with Crippen molar-refractivity contribution in [3.63, 3.8) is 0 Å². The molecule has 0 saturated carbocycles. The second-order valence-corrected chi connectivity index (χ2v) is 6.11. The van der Waals surface area contributed by atoms with E-state index in [1.165, 1.54) is 13.0 Å². The first-order chi connectivity index (χ1) is 12.5. The highest BCUT2D eigenvalue weighted by molar-refractivity contribution is 5.88. The van der Waals surface area contributed by atoms with Gasteiger partial charge >= 0.3 is 0 Å². The number of amides is 1. The van der Waals surface area contributed by atoms with Crippen LogP contribution in [0.2, 0.25) is 0 Å². The first-order valence-electron chi connectivity index (χ1n) is 8.36. The molecule has 0 aliphatic heterocycles. The molecule has 6 heteroatoms. The highest BCUT2D eigenvalue weighted by atomic mass is 19.1. The number of rotatable bonds is 6. The standard InChI is InChI=1S/C20H21FN4O/c1-14(26)24-16-9-7-15(8-10-16)13-23-19(20-22-11-12-25(20)2)17-5-3-4-6-18(17)21/h3-12,19,23H,13H2,1-2H3,(H,24,26)/t19-/m0/s1. The number of imidazole rings is 1. The number of halogens is 1. The highest BCUT2D eigenvalue weighted by Crippen LogP contribution is 2.23. The molecule has 1 aromatic heterocycles. The van der Waals surface area contributed by atoms with Gasteiger partial charge in [0.25, 0.3) is 0 Å². The minimum absolute atomic E-state index is 0.106. The van der Waals surface area contributed by atoms with Gasteiger partial charge in [-0.05, 0) is 23.8 Å². The van der Waals surface area contributed by atoms with Crippen LogP contribution < -0.4 is 10.6 Å². The Morgan fingerprint density at radius 2 is 1.92 bits per heavy atom. The van der Waals surface area contributed by atoms with E-state index in [0.29, 0.717) is 12.1 Å². The van der Waals surface area contributed by atoms with Crippen molar-refractivity contribution in [1.82, 2.24) is 14.9 Å². The first-order valence-corrected chi connectivity index (χ1v) is 8.36. The van der Waals surface area contributed by atoms with Gasteiger partial charge in [0.1, 0.15) is 11.6 Å². The fourth-order valence-electron chi connectivity index (χ4n) is 2.83. The summed E-state index contributed by atoms with van der Waals surface area (Å²) in [6.45, 7) is 2.01. The summed E-state index contributed by atoms with van der Waals surface area (Å²) in [7, 11) is 1.89. The maximum absolute atomic E-state index is 14.3. The quantitative estimate of drug-likeness (QED) is 0.715. The number of carbonyl (C=O) groups is 1. The van der Waals surface area contributed by atoms with Crippen LogP contribution >= 0.6 is 0 Å². The van der Waals surface area contributed by atoms with Crippen LogP contribution in [0.5, 0.6) is 0 Å². The molecule has 0 aliphatic rings. The van der Waals surface area contributed by atoms with E-state index < -0.39 is 0 Å². The van der Waals surface area contributed by atoms with Gasteiger partial charge in [-0.25, -0.2) is 9.37 Å². The molecule has 0 spiro atoms. The van der Waals surface area contributed by atoms with E-state index in [4.69, 9.17) is 0 Å². The lowest BCUT2D eigenvalue weighted by atomic mass is 10.0. The van der Waals surface area contributed by atoms with Gasteiger partial charge in [-0.3, -0.25) is 10.1 Å². The fraction of sp³-hybridized carbons (Fsp3) is 0.200. The molecule has 1 amide bonds. The number of nitrogens with zero attached hydrogens (tertiary/aromatic N) is 2. The van der Waals surface area contributed by atoms with E-state index in [1.54, 1.807) is 18.3 Å². The van der Waals surface area contributed by atoms with Gasteiger partial charge in [0.2, 0.25) is 5.91 Å². The monoisotopic (exact) mass is 352 g/mol. The number of nitrogens with one attached hydrogen (secondary N) is 2. The van der Waals surface area contributed by atoms with Gasteiger partial charge in [-0.15, -0.1) is 0 Å². The van der Waals surface area contributed by atoms with Crippen LogP contribution in [0.1, 0.15) is 29.9 Å². The van der Waals surface area contributed by atoms with Crippen molar-refractivity contribution < 1.29 is 9.18 Å². The molecular weight excluding hydrogens is 331 g/mol. The summed E-state index contributed by atoms with van der Waals surface area (Å²) >= 11 is 0. The predicted molar refractivity (Wildman–Crippen MR) is 99.0 cm³/mol. The zero-order valence-corrected chi connectivity index (χ0v) is 14.7. The molecule has 0 aliphatic carbocycles. The largest absolute Gasteiger partial charge is 0.336 e. The minimum atomic E-state index is -0.369. The number of carbonyl (C=O) groups excluding carboxylic acids is 1. The van der Waals surface area contributed by atoms with Crippen molar-refractivity contribution in [2.75, 3.05) is 5.32 Å². The Morgan fingerprint density at radius 1 is 1.19 bits per heavy atom. The van der Waals surface area contributed by atoms with Gasteiger partial charge in [-0.2, -0.15) is 0 Å². The molecule has 0 saturated heterocycles. The SMILES string of the molecule is CC(=O)Nc1ccc(CN[C@@H](c2ccccc2F)c2nccn2C)cc1. The number of aromatic nitrogens is 2. The van der Waals surface area contributed by atoms with E-state index in [9.17, 15) is 9.18 Å². The lowest BCUT2D eigenvalue weighted by Crippen LogP contribution is -2.25. The molecule has 3 aromatic rings. The summed E-state index contributed by atoms with van der Waals surface area (Å²) in [6, 6.07) is 13.9. The summed E-state index contributed by atoms with van der Waals surface area (Å²) < 4.78 is 16.2. The van der Waals surface area contributed by atoms with E-state index in [0.717, 1.165) is 17.1 Å². The Morgan fingerprint density at radius 3 is 2.54 bits per heavy atom. The fourth-order valence-corrected chi connectivity index (χ4v) is 2.83. The average Bonchev–Trinajstić information content (AvgIpc) is 3.03. The van der Waals surface area contributed by atoms with Crippen LogP contribution in [0.15, 0.2) is 60.9 Å². The molecule has 0 fully saturated rings. The Kier molecular flexibility index (Phi) is 5.43. The van der Waals surface area contributed by atoms with Crippen LogP contribution in [0.25, 0.3) is 0 Å². The van der Waals surface area contributed by atoms with Crippen molar-refractivity contribution in [1.29, 1.82) is 0 Å². The molecule has 0 radical (unpaired) electrons. The zero-order valence-electron chi connectivity index (χ0n) is 14.7. The molecule has 1 heterocycles. The minimum Gasteiger partial charge on any atom is -0.336 e. The predicted octanol–water partition coefficient (Wildman–Crippen LogP) is 3.40. The zero-order chi connectivity index (χ0) is 18.5. The number of aryl methyl sites for hydroxylation is 1. The number of anilines is 1. The molecule has 5 nitrogen and oxygen atoms in total. The molecule has 2 aromatic carbocycles. The molecule has 1 atom stereocenters. The van der Waals surface area contributed by atoms with E-state index in [-0.39, 0.29) is 17.8 Å². The lowest BCUT2D eigenvalue weighted by molar-refractivity contribution is -0.114. The van der Waals surface area contributed by atoms with Crippen LogP contribution in [0.4, 0.5) is 10.1 Å². The number of benzene rings is 2. The van der Waals surface area contributed by atoms with Crippen molar-refractivity contribution >= 4 is 11.6 Å². The van der Waals surface area contributed by atoms with E-state index in [2.05, 4.69) is 15.6 Å². The van der Waals surface area contributed by atoms with Gasteiger partial charge < -0.3 is 9.88 Å². The third kappa shape index (κ3) is 4.15. The maximum Gasteiger partial charge on any atom is 0.221 e. The number of hydrogen-bond acceptors (Lipinski definition) is 3. The summed E-state index contributed by atoms with van der Waals surface area (Å²) in [5.41, 5.74) is 2.32. The molecule has 134 valence electrons. The van der Waals surface area contributed by atoms with Gasteiger partial charge in [-0.1, -0.05) is 30.3 Å². The Bertz CT molecular complexity index is 889. The Balaban J connectivity index is 1.80. The Hall–Kier alpha value is -2.99.